The zero-order chi connectivity index (χ0) is 19.1. The lowest BCUT2D eigenvalue weighted by molar-refractivity contribution is -0.149. The van der Waals surface area contributed by atoms with E-state index >= 15 is 0 Å². The van der Waals surface area contributed by atoms with Crippen molar-refractivity contribution in [2.75, 3.05) is 20.6 Å². The molecule has 6 heteroatoms. The highest BCUT2D eigenvalue weighted by atomic mass is 16.5. The first-order chi connectivity index (χ1) is 12.3. The summed E-state index contributed by atoms with van der Waals surface area (Å²) in [6.45, 7) is 2.13. The van der Waals surface area contributed by atoms with E-state index in [1.54, 1.807) is 4.90 Å². The first kappa shape index (κ1) is 20.6. The molecule has 1 aliphatic carbocycles. The predicted octanol–water partition coefficient (Wildman–Crippen LogP) is 2.07. The summed E-state index contributed by atoms with van der Waals surface area (Å²) < 4.78 is 10.9. The molecule has 0 amide bonds. The van der Waals surface area contributed by atoms with Crippen LogP contribution in [0.1, 0.15) is 39.0 Å². The lowest BCUT2D eigenvalue weighted by Gasteiger charge is -2.19. The van der Waals surface area contributed by atoms with Gasteiger partial charge in [0.15, 0.2) is 0 Å². The molecule has 2 rings (SSSR count). The summed E-state index contributed by atoms with van der Waals surface area (Å²) >= 11 is 0. The molecule has 0 bridgehead atoms. The Morgan fingerprint density at radius 1 is 1.35 bits per heavy atom. The molecule has 6 nitrogen and oxygen atoms in total. The van der Waals surface area contributed by atoms with Crippen LogP contribution in [0.15, 0.2) is 24.3 Å². The Labute approximate surface area is 155 Å². The molecule has 0 unspecified atom stereocenters. The van der Waals surface area contributed by atoms with Crippen LogP contribution in [0.4, 0.5) is 0 Å². The van der Waals surface area contributed by atoms with Gasteiger partial charge in [0, 0.05) is 6.08 Å². The number of carbonyl (C=O) groups is 2. The van der Waals surface area contributed by atoms with Gasteiger partial charge in [0.2, 0.25) is 0 Å². The van der Waals surface area contributed by atoms with Gasteiger partial charge in [0.25, 0.3) is 0 Å². The first-order valence-corrected chi connectivity index (χ1v) is 9.43. The van der Waals surface area contributed by atoms with Crippen LogP contribution in [0.25, 0.3) is 0 Å². The van der Waals surface area contributed by atoms with Gasteiger partial charge < -0.3 is 14.6 Å². The fraction of sp³-hybridized carbons (Fsp3) is 0.700. The van der Waals surface area contributed by atoms with Crippen molar-refractivity contribution >= 4 is 11.9 Å². The number of carbonyl (C=O) groups excluding carboxylic acids is 2. The van der Waals surface area contributed by atoms with E-state index in [9.17, 15) is 14.7 Å². The number of cyclic esters (lactones) is 1. The average molecular weight is 365 g/mol. The van der Waals surface area contributed by atoms with Crippen LogP contribution < -0.4 is 0 Å². The van der Waals surface area contributed by atoms with E-state index in [-0.39, 0.29) is 36.6 Å². The summed E-state index contributed by atoms with van der Waals surface area (Å²) in [5, 5.41) is 10.5. The monoisotopic (exact) mass is 365 g/mol. The number of nitrogens with zero attached hydrogens (tertiary/aromatic N) is 1. The summed E-state index contributed by atoms with van der Waals surface area (Å²) in [5.74, 6) is -0.626. The van der Waals surface area contributed by atoms with Gasteiger partial charge in [-0.05, 0) is 71.0 Å². The second-order valence-corrected chi connectivity index (χ2v) is 7.61. The van der Waals surface area contributed by atoms with Crippen molar-refractivity contribution in [1.29, 1.82) is 0 Å². The lowest BCUT2D eigenvalue weighted by Crippen LogP contribution is -2.27. The second kappa shape index (κ2) is 9.88. The molecule has 0 aromatic rings. The van der Waals surface area contributed by atoms with Crippen molar-refractivity contribution in [1.82, 2.24) is 4.90 Å². The third-order valence-corrected chi connectivity index (χ3v) is 4.91. The Morgan fingerprint density at radius 2 is 2.12 bits per heavy atom. The molecule has 146 valence electrons. The number of hydrogen-bond acceptors (Lipinski definition) is 6. The maximum absolute atomic E-state index is 11.9. The Morgan fingerprint density at radius 3 is 2.85 bits per heavy atom. The summed E-state index contributed by atoms with van der Waals surface area (Å²) in [6, 6.07) is 0. The number of hydrogen-bond donors (Lipinski definition) is 1. The summed E-state index contributed by atoms with van der Waals surface area (Å²) in [6.07, 6.45) is 9.91. The molecule has 5 atom stereocenters. The van der Waals surface area contributed by atoms with E-state index < -0.39 is 12.1 Å². The molecule has 0 aromatic carbocycles. The highest BCUT2D eigenvalue weighted by Crippen LogP contribution is 2.38. The van der Waals surface area contributed by atoms with Crippen LogP contribution in [-0.4, -0.2) is 60.9 Å². The van der Waals surface area contributed by atoms with Crippen LogP contribution in [-0.2, 0) is 19.1 Å². The Hall–Kier alpha value is -1.66. The van der Waals surface area contributed by atoms with Crippen LogP contribution >= 0.6 is 0 Å². The van der Waals surface area contributed by atoms with Gasteiger partial charge in [0.05, 0.1) is 18.8 Å². The molecule has 0 aromatic heterocycles. The van der Waals surface area contributed by atoms with Crippen molar-refractivity contribution in [3.8, 4) is 0 Å². The molecule has 1 aliphatic heterocycles. The molecular weight excluding hydrogens is 334 g/mol. The van der Waals surface area contributed by atoms with E-state index in [0.717, 1.165) is 19.3 Å². The SMILES string of the molecule is C[C@@H]1CCC/C=C\[C@@H]2C[C@H](OC(=O)CN(C)C)C[C@@H]2[C@H](O)/C=C/C(=O)O1. The average Bonchev–Trinajstić information content (AvgIpc) is 2.93. The molecule has 26 heavy (non-hydrogen) atoms. The zero-order valence-corrected chi connectivity index (χ0v) is 16.0. The minimum absolute atomic E-state index is 0.0781. The maximum Gasteiger partial charge on any atom is 0.330 e. The molecule has 0 saturated heterocycles. The number of allylic oxidation sites excluding steroid dienone is 2. The van der Waals surface area contributed by atoms with Crippen LogP contribution in [0.5, 0.6) is 0 Å². The van der Waals surface area contributed by atoms with Gasteiger partial charge in [-0.25, -0.2) is 4.79 Å². The van der Waals surface area contributed by atoms with Gasteiger partial charge in [-0.15, -0.1) is 0 Å². The van der Waals surface area contributed by atoms with Gasteiger partial charge >= 0.3 is 11.9 Å². The largest absolute Gasteiger partial charge is 0.461 e. The first-order valence-electron chi connectivity index (χ1n) is 9.43. The van der Waals surface area contributed by atoms with Crippen LogP contribution in [0.2, 0.25) is 0 Å². The maximum atomic E-state index is 11.9. The van der Waals surface area contributed by atoms with E-state index in [2.05, 4.69) is 12.2 Å². The van der Waals surface area contributed by atoms with Gasteiger partial charge in [-0.2, -0.15) is 0 Å². The van der Waals surface area contributed by atoms with Crippen LogP contribution in [0.3, 0.4) is 0 Å². The smallest absolute Gasteiger partial charge is 0.330 e. The third-order valence-electron chi connectivity index (χ3n) is 4.91. The molecule has 0 spiro atoms. The summed E-state index contributed by atoms with van der Waals surface area (Å²) in [5.41, 5.74) is 0. The van der Waals surface area contributed by atoms with E-state index in [1.165, 1.54) is 12.2 Å². The topological polar surface area (TPSA) is 76.1 Å². The molecule has 1 heterocycles. The fourth-order valence-electron chi connectivity index (χ4n) is 3.66. The fourth-order valence-corrected chi connectivity index (χ4v) is 3.66. The van der Waals surface area contributed by atoms with Crippen molar-refractivity contribution in [3.05, 3.63) is 24.3 Å². The lowest BCUT2D eigenvalue weighted by atomic mass is 9.90. The highest BCUT2D eigenvalue weighted by molar-refractivity contribution is 5.82. The predicted molar refractivity (Wildman–Crippen MR) is 98.3 cm³/mol. The van der Waals surface area contributed by atoms with Crippen molar-refractivity contribution < 1.29 is 24.2 Å². The third kappa shape index (κ3) is 6.57. The quantitative estimate of drug-likeness (QED) is 0.610. The number of esters is 2. The minimum Gasteiger partial charge on any atom is -0.461 e. The number of aliphatic hydroxyl groups excluding tert-OH is 1. The molecule has 1 fully saturated rings. The number of fused-ring (bicyclic) bond motifs is 1. The van der Waals surface area contributed by atoms with Gasteiger partial charge in [-0.1, -0.05) is 12.2 Å². The van der Waals surface area contributed by atoms with Gasteiger partial charge in [0.1, 0.15) is 6.10 Å². The molecule has 1 N–H and O–H groups in total. The van der Waals surface area contributed by atoms with E-state index in [0.29, 0.717) is 12.8 Å². The second-order valence-electron chi connectivity index (χ2n) is 7.61. The number of rotatable bonds is 3. The van der Waals surface area contributed by atoms with Gasteiger partial charge in [-0.3, -0.25) is 9.69 Å². The number of aliphatic hydroxyl groups is 1. The molecule has 2 aliphatic rings. The highest BCUT2D eigenvalue weighted by Gasteiger charge is 2.38. The zero-order valence-electron chi connectivity index (χ0n) is 16.0. The summed E-state index contributed by atoms with van der Waals surface area (Å²) in [7, 11) is 3.64. The standard InChI is InChI=1S/C20H31NO5/c1-14-7-5-4-6-8-15-11-16(26-20(24)13-21(2)3)12-17(15)18(22)9-10-19(23)25-14/h6,8-10,14-18,22H,4-5,7,11-13H2,1-3H3/b8-6-,10-9+/t14-,15-,16+,17+,18-/m1/s1. The van der Waals surface area contributed by atoms with E-state index in [4.69, 9.17) is 9.47 Å². The Kier molecular flexibility index (Phi) is 7.85. The summed E-state index contributed by atoms with van der Waals surface area (Å²) in [4.78, 5) is 25.5. The minimum atomic E-state index is -0.772. The van der Waals surface area contributed by atoms with Crippen LogP contribution in [0, 0.1) is 11.8 Å². The Balaban J connectivity index is 2.05. The van der Waals surface area contributed by atoms with Crippen molar-refractivity contribution in [2.24, 2.45) is 11.8 Å². The Bertz CT molecular complexity index is 542. The number of likely N-dealkylation sites (N-methyl/N-ethyl adjacent to an activating group) is 1. The molecule has 0 radical (unpaired) electrons. The van der Waals surface area contributed by atoms with Crippen molar-refractivity contribution in [2.45, 2.75) is 57.3 Å². The van der Waals surface area contributed by atoms with Crippen molar-refractivity contribution in [3.63, 3.8) is 0 Å². The normalized spacial score (nSPS) is 35.4. The molecule has 1 saturated carbocycles. The number of ether oxygens (including phenoxy) is 2. The van der Waals surface area contributed by atoms with E-state index in [1.807, 2.05) is 21.0 Å². The molecular formula is C20H31NO5.